The second-order valence-electron chi connectivity index (χ2n) is 11.0. The van der Waals surface area contributed by atoms with E-state index in [1.54, 1.807) is 34.0 Å². The molecule has 0 bridgehead atoms. The molecule has 0 saturated heterocycles. The van der Waals surface area contributed by atoms with Gasteiger partial charge in [-0.1, -0.05) is 0 Å². The molecule has 3 atom stereocenters. The molecule has 6 aromatic rings. The molecule has 12 nitrogen and oxygen atoms in total. The fourth-order valence-corrected chi connectivity index (χ4v) is 8.94. The van der Waals surface area contributed by atoms with Gasteiger partial charge in [0.1, 0.15) is 34.9 Å². The molecular weight excluding hydrogens is 631 g/mol. The predicted octanol–water partition coefficient (Wildman–Crippen LogP) is 4.17. The minimum absolute atomic E-state index is 0.146. The minimum Gasteiger partial charge on any atom is -0.369 e. The number of likely N-dealkylation sites (N-methyl/N-ethyl adjacent to an activating group) is 3. The Morgan fingerprint density at radius 1 is 0.578 bits per heavy atom. The van der Waals surface area contributed by atoms with Crippen molar-refractivity contribution in [2.45, 2.75) is 37.9 Å². The Morgan fingerprint density at radius 3 is 1.18 bits per heavy atom. The average Bonchev–Trinajstić information content (AvgIpc) is 3.87. The molecule has 240 valence electrons. The summed E-state index contributed by atoms with van der Waals surface area (Å²) >= 11 is 5.24. The monoisotopic (exact) mass is 669 g/mol. The van der Waals surface area contributed by atoms with Gasteiger partial charge in [0.25, 0.3) is 0 Å². The van der Waals surface area contributed by atoms with E-state index in [4.69, 9.17) is 14.2 Å². The highest BCUT2D eigenvalue weighted by atomic mass is 32.1. The van der Waals surface area contributed by atoms with Gasteiger partial charge in [-0.3, -0.25) is 14.0 Å². The van der Waals surface area contributed by atoms with Crippen molar-refractivity contribution in [3.63, 3.8) is 0 Å². The first-order valence-electron chi connectivity index (χ1n) is 15.3. The summed E-state index contributed by atoms with van der Waals surface area (Å²) in [5, 5.41) is 29.4. The molecule has 0 aliphatic carbocycles. The molecule has 0 aromatic carbocycles. The van der Waals surface area contributed by atoms with Crippen molar-refractivity contribution in [2.24, 2.45) is 0 Å². The van der Waals surface area contributed by atoms with Gasteiger partial charge in [-0.25, -0.2) is 0 Å². The minimum atomic E-state index is 0.146. The van der Waals surface area contributed by atoms with Crippen LogP contribution in [-0.4, -0.2) is 89.9 Å². The normalized spacial score (nSPS) is 20.7. The zero-order valence-corrected chi connectivity index (χ0v) is 28.1. The smallest absolute Gasteiger partial charge is 0.113 e. The Hall–Kier alpha value is -2.73. The largest absolute Gasteiger partial charge is 0.369 e. The lowest BCUT2D eigenvalue weighted by molar-refractivity contribution is 0.0195. The van der Waals surface area contributed by atoms with Crippen LogP contribution >= 0.6 is 34.0 Å². The maximum atomic E-state index is 5.76. The van der Waals surface area contributed by atoms with Gasteiger partial charge in [-0.15, -0.1) is 34.0 Å². The summed E-state index contributed by atoms with van der Waals surface area (Å²) in [6, 6.07) is 6.21. The van der Waals surface area contributed by atoms with E-state index in [0.717, 1.165) is 75.6 Å². The number of ether oxygens (including phenoxy) is 3. The van der Waals surface area contributed by atoms with Gasteiger partial charge in [0.15, 0.2) is 0 Å². The Balaban J connectivity index is 0.000000108. The summed E-state index contributed by atoms with van der Waals surface area (Å²) in [6.45, 7) is 7.43. The van der Waals surface area contributed by atoms with Gasteiger partial charge in [-0.2, -0.15) is 15.3 Å². The number of aromatic nitrogens is 6. The van der Waals surface area contributed by atoms with E-state index in [9.17, 15) is 0 Å². The number of fused-ring (bicyclic) bond motifs is 9. The number of rotatable bonds is 6. The first kappa shape index (κ1) is 30.9. The van der Waals surface area contributed by atoms with Gasteiger partial charge < -0.3 is 30.2 Å². The third kappa shape index (κ3) is 6.08. The van der Waals surface area contributed by atoms with Gasteiger partial charge in [0.2, 0.25) is 0 Å². The third-order valence-corrected chi connectivity index (χ3v) is 10.9. The quantitative estimate of drug-likeness (QED) is 0.240. The van der Waals surface area contributed by atoms with Gasteiger partial charge in [0.05, 0.1) is 70.6 Å². The molecule has 9 rings (SSSR count). The van der Waals surface area contributed by atoms with Gasteiger partial charge in [0, 0.05) is 19.6 Å². The lowest BCUT2D eigenvalue weighted by atomic mass is 10.2. The Morgan fingerprint density at radius 2 is 0.889 bits per heavy atom. The highest BCUT2D eigenvalue weighted by Crippen LogP contribution is 2.34. The van der Waals surface area contributed by atoms with E-state index in [1.807, 2.05) is 21.1 Å². The van der Waals surface area contributed by atoms with E-state index in [0.29, 0.717) is 0 Å². The van der Waals surface area contributed by atoms with Crippen LogP contribution < -0.4 is 16.0 Å². The maximum absolute atomic E-state index is 5.76. The summed E-state index contributed by atoms with van der Waals surface area (Å²) < 4.78 is 27.4. The number of hydrogen-bond donors (Lipinski definition) is 3. The molecule has 0 radical (unpaired) electrons. The van der Waals surface area contributed by atoms with E-state index in [1.165, 1.54) is 31.2 Å². The van der Waals surface area contributed by atoms with Crippen LogP contribution in [0.3, 0.4) is 0 Å². The van der Waals surface area contributed by atoms with Gasteiger partial charge in [-0.05, 0) is 55.5 Å². The highest BCUT2D eigenvalue weighted by molar-refractivity contribution is 7.18. The molecule has 3 N–H and O–H groups in total. The van der Waals surface area contributed by atoms with Crippen molar-refractivity contribution < 1.29 is 14.2 Å². The lowest BCUT2D eigenvalue weighted by Crippen LogP contribution is -2.28. The molecule has 1 unspecified atom stereocenters. The van der Waals surface area contributed by atoms with Crippen LogP contribution in [0.25, 0.3) is 30.6 Å². The van der Waals surface area contributed by atoms with E-state index >= 15 is 0 Å². The van der Waals surface area contributed by atoms with Crippen LogP contribution in [0, 0.1) is 0 Å². The standard InChI is InChI=1S/3C10H13N3OS/c3*1-11-6-8-9-10-7(2-5-15-10)12-13(9)3-4-14-8/h3*2,5,8,11H,3-4,6H2,1H3/t2*8-;/m10./s1. The van der Waals surface area contributed by atoms with Crippen molar-refractivity contribution in [1.82, 2.24) is 45.3 Å². The number of thiophene rings is 3. The molecule has 3 aliphatic rings. The van der Waals surface area contributed by atoms with Crippen LogP contribution in [0.4, 0.5) is 0 Å². The molecular formula is C30H39N9O3S3. The molecule has 0 spiro atoms. The van der Waals surface area contributed by atoms with Gasteiger partial charge >= 0.3 is 0 Å². The highest BCUT2D eigenvalue weighted by Gasteiger charge is 2.27. The molecule has 3 aliphatic heterocycles. The van der Waals surface area contributed by atoms with E-state index in [2.05, 4.69) is 79.6 Å². The predicted molar refractivity (Wildman–Crippen MR) is 181 cm³/mol. The average molecular weight is 670 g/mol. The first-order valence-corrected chi connectivity index (χ1v) is 17.9. The van der Waals surface area contributed by atoms with E-state index < -0.39 is 0 Å². The summed E-state index contributed by atoms with van der Waals surface area (Å²) in [7, 11) is 5.85. The Labute approximate surface area is 273 Å². The SMILES string of the molecule is CNCC1OCCn2nc3ccsc3c21.CNC[C@@H]1OCCn2nc3ccsc3c21.CNC[C@H]1OCCn2nc3ccsc3c21. The second kappa shape index (κ2) is 13.9. The summed E-state index contributed by atoms with van der Waals surface area (Å²) in [5.41, 5.74) is 7.01. The van der Waals surface area contributed by atoms with Crippen molar-refractivity contribution in [3.8, 4) is 0 Å². The molecule has 6 aromatic heterocycles. The second-order valence-corrected chi connectivity index (χ2v) is 13.7. The zero-order valence-electron chi connectivity index (χ0n) is 25.7. The van der Waals surface area contributed by atoms with Crippen LogP contribution in [0.15, 0.2) is 34.3 Å². The Kier molecular flexibility index (Phi) is 9.58. The number of nitrogens with zero attached hydrogens (tertiary/aromatic N) is 6. The summed E-state index contributed by atoms with van der Waals surface area (Å²) in [6.07, 6.45) is 0.437. The number of nitrogens with one attached hydrogen (secondary N) is 3. The first-order chi connectivity index (χ1) is 22.2. The van der Waals surface area contributed by atoms with Crippen molar-refractivity contribution in [1.29, 1.82) is 0 Å². The lowest BCUT2D eigenvalue weighted by Gasteiger charge is -2.24. The molecule has 9 heterocycles. The van der Waals surface area contributed by atoms with Crippen molar-refractivity contribution >= 4 is 64.7 Å². The van der Waals surface area contributed by atoms with E-state index in [-0.39, 0.29) is 18.3 Å². The molecule has 0 saturated carbocycles. The molecule has 0 fully saturated rings. The summed E-state index contributed by atoms with van der Waals surface area (Å²) in [4.78, 5) is 0. The topological polar surface area (TPSA) is 117 Å². The van der Waals surface area contributed by atoms with Crippen molar-refractivity contribution in [2.75, 3.05) is 60.6 Å². The molecule has 45 heavy (non-hydrogen) atoms. The zero-order chi connectivity index (χ0) is 30.8. The van der Waals surface area contributed by atoms with Crippen LogP contribution in [-0.2, 0) is 33.8 Å². The maximum Gasteiger partial charge on any atom is 0.113 e. The molecule has 15 heteroatoms. The fourth-order valence-electron chi connectivity index (χ4n) is 6.17. The fraction of sp³-hybridized carbons (Fsp3) is 0.500. The summed E-state index contributed by atoms with van der Waals surface area (Å²) in [5.74, 6) is 0. The van der Waals surface area contributed by atoms with Crippen LogP contribution in [0.2, 0.25) is 0 Å². The van der Waals surface area contributed by atoms with Crippen LogP contribution in [0.5, 0.6) is 0 Å². The molecule has 0 amide bonds. The third-order valence-electron chi connectivity index (χ3n) is 8.10. The number of hydrogen-bond acceptors (Lipinski definition) is 12. The van der Waals surface area contributed by atoms with Crippen molar-refractivity contribution in [3.05, 3.63) is 51.4 Å². The Bertz CT molecular complexity index is 1640. The van der Waals surface area contributed by atoms with Crippen LogP contribution in [0.1, 0.15) is 35.4 Å².